The summed E-state index contributed by atoms with van der Waals surface area (Å²) in [6.45, 7) is 4.66. The highest BCUT2D eigenvalue weighted by Crippen LogP contribution is 2.30. The molecule has 6 nitrogen and oxygen atoms in total. The van der Waals surface area contributed by atoms with E-state index in [-0.39, 0.29) is 23.6 Å². The molecular weight excluding hydrogens is 339 g/mol. The first-order valence-electron chi connectivity index (χ1n) is 7.38. The summed E-state index contributed by atoms with van der Waals surface area (Å²) in [5.41, 5.74) is 5.14. The SMILES string of the molecule is C=C(C(=O)N(C)c1ccc(C(F)(F)F)cc1)C(N)=NCC1OCCO1. The number of rotatable bonds is 5. The molecule has 1 aromatic rings. The van der Waals surface area contributed by atoms with Crippen LogP contribution in [0.1, 0.15) is 5.56 Å². The monoisotopic (exact) mass is 357 g/mol. The topological polar surface area (TPSA) is 77.2 Å². The molecule has 25 heavy (non-hydrogen) atoms. The van der Waals surface area contributed by atoms with Crippen LogP contribution in [-0.4, -0.2) is 44.8 Å². The Balaban J connectivity index is 2.02. The number of nitrogens with two attached hydrogens (primary N) is 1. The summed E-state index contributed by atoms with van der Waals surface area (Å²) in [4.78, 5) is 17.5. The lowest BCUT2D eigenvalue weighted by Gasteiger charge is -2.19. The molecule has 2 N–H and O–H groups in total. The van der Waals surface area contributed by atoms with Gasteiger partial charge < -0.3 is 20.1 Å². The predicted octanol–water partition coefficient (Wildman–Crippen LogP) is 1.95. The number of carbonyl (C=O) groups is 1. The van der Waals surface area contributed by atoms with Gasteiger partial charge >= 0.3 is 6.18 Å². The predicted molar refractivity (Wildman–Crippen MR) is 86.2 cm³/mol. The van der Waals surface area contributed by atoms with Crippen molar-refractivity contribution >= 4 is 17.4 Å². The minimum absolute atomic E-state index is 0.0691. The highest BCUT2D eigenvalue weighted by molar-refractivity contribution is 6.24. The Morgan fingerprint density at radius 3 is 2.40 bits per heavy atom. The van der Waals surface area contributed by atoms with Crippen LogP contribution in [0.3, 0.4) is 0 Å². The first-order valence-corrected chi connectivity index (χ1v) is 7.38. The fraction of sp³-hybridized carbons (Fsp3) is 0.375. The van der Waals surface area contributed by atoms with Gasteiger partial charge in [0.15, 0.2) is 6.29 Å². The lowest BCUT2D eigenvalue weighted by atomic mass is 10.1. The van der Waals surface area contributed by atoms with Crippen molar-refractivity contribution in [2.24, 2.45) is 10.7 Å². The number of amides is 1. The van der Waals surface area contributed by atoms with Crippen molar-refractivity contribution < 1.29 is 27.4 Å². The molecule has 0 aromatic heterocycles. The van der Waals surface area contributed by atoms with Crippen LogP contribution < -0.4 is 10.6 Å². The summed E-state index contributed by atoms with van der Waals surface area (Å²) in [6.07, 6.45) is -4.94. The van der Waals surface area contributed by atoms with Gasteiger partial charge in [-0.3, -0.25) is 9.79 Å². The van der Waals surface area contributed by atoms with Crippen molar-refractivity contribution in [2.45, 2.75) is 12.5 Å². The Morgan fingerprint density at radius 2 is 1.88 bits per heavy atom. The molecule has 0 aliphatic carbocycles. The van der Waals surface area contributed by atoms with Gasteiger partial charge in [0.2, 0.25) is 0 Å². The van der Waals surface area contributed by atoms with Gasteiger partial charge in [-0.25, -0.2) is 0 Å². The van der Waals surface area contributed by atoms with Crippen LogP contribution in [0.2, 0.25) is 0 Å². The summed E-state index contributed by atoms with van der Waals surface area (Å²) in [6, 6.07) is 4.19. The lowest BCUT2D eigenvalue weighted by molar-refractivity contribution is -0.137. The first-order chi connectivity index (χ1) is 11.7. The Hall–Kier alpha value is -2.39. The Morgan fingerprint density at radius 1 is 1.32 bits per heavy atom. The minimum Gasteiger partial charge on any atom is -0.383 e. The third-order valence-electron chi connectivity index (χ3n) is 3.56. The van der Waals surface area contributed by atoms with Crippen LogP contribution in [0, 0.1) is 0 Å². The number of aliphatic imine (C=N–C) groups is 1. The van der Waals surface area contributed by atoms with Gasteiger partial charge in [0.25, 0.3) is 5.91 Å². The molecule has 0 bridgehead atoms. The fourth-order valence-electron chi connectivity index (χ4n) is 2.08. The number of anilines is 1. The van der Waals surface area contributed by atoms with Crippen molar-refractivity contribution in [1.29, 1.82) is 0 Å². The maximum atomic E-state index is 12.6. The van der Waals surface area contributed by atoms with Crippen molar-refractivity contribution in [3.63, 3.8) is 0 Å². The number of hydrogen-bond acceptors (Lipinski definition) is 4. The van der Waals surface area contributed by atoms with E-state index in [1.54, 1.807) is 0 Å². The third-order valence-corrected chi connectivity index (χ3v) is 3.56. The Labute approximate surface area is 142 Å². The maximum Gasteiger partial charge on any atom is 0.416 e. The van der Waals surface area contributed by atoms with Crippen molar-refractivity contribution in [2.75, 3.05) is 31.7 Å². The van der Waals surface area contributed by atoms with Crippen molar-refractivity contribution in [3.8, 4) is 0 Å². The van der Waals surface area contributed by atoms with E-state index in [2.05, 4.69) is 11.6 Å². The van der Waals surface area contributed by atoms with E-state index in [0.29, 0.717) is 13.2 Å². The molecule has 1 heterocycles. The van der Waals surface area contributed by atoms with Crippen LogP contribution in [-0.2, 0) is 20.4 Å². The molecule has 9 heteroatoms. The number of carbonyl (C=O) groups excluding carboxylic acids is 1. The molecule has 1 aliphatic rings. The molecule has 136 valence electrons. The van der Waals surface area contributed by atoms with Gasteiger partial charge in [0, 0.05) is 12.7 Å². The second-order valence-corrected chi connectivity index (χ2v) is 5.28. The van der Waals surface area contributed by atoms with E-state index < -0.39 is 23.9 Å². The molecule has 1 saturated heterocycles. The number of hydrogen-bond donors (Lipinski definition) is 1. The summed E-state index contributed by atoms with van der Waals surface area (Å²) in [5, 5.41) is 0. The number of benzene rings is 1. The Kier molecular flexibility index (Phi) is 5.81. The molecule has 1 aromatic carbocycles. The molecule has 1 aliphatic heterocycles. The van der Waals surface area contributed by atoms with Gasteiger partial charge in [0.05, 0.1) is 30.9 Å². The molecule has 1 amide bonds. The van der Waals surface area contributed by atoms with Gasteiger partial charge in [-0.05, 0) is 24.3 Å². The molecule has 0 unspecified atom stereocenters. The molecule has 1 fully saturated rings. The van der Waals surface area contributed by atoms with Crippen LogP contribution >= 0.6 is 0 Å². The number of halogens is 3. The Bertz CT molecular complexity index is 665. The lowest BCUT2D eigenvalue weighted by Crippen LogP contribution is -2.33. The average molecular weight is 357 g/mol. The summed E-state index contributed by atoms with van der Waals surface area (Å²) < 4.78 is 48.1. The smallest absolute Gasteiger partial charge is 0.383 e. The number of ether oxygens (including phenoxy) is 2. The number of amidine groups is 1. The number of alkyl halides is 3. The molecule has 0 atom stereocenters. The largest absolute Gasteiger partial charge is 0.416 e. The summed E-state index contributed by atoms with van der Waals surface area (Å²) in [7, 11) is 1.41. The van der Waals surface area contributed by atoms with E-state index in [1.807, 2.05) is 0 Å². The summed E-state index contributed by atoms with van der Waals surface area (Å²) in [5.74, 6) is -0.655. The second-order valence-electron chi connectivity index (χ2n) is 5.28. The van der Waals surface area contributed by atoms with Crippen molar-refractivity contribution in [3.05, 3.63) is 42.0 Å². The van der Waals surface area contributed by atoms with Crippen LogP contribution in [0.25, 0.3) is 0 Å². The van der Waals surface area contributed by atoms with E-state index in [0.717, 1.165) is 17.0 Å². The molecule has 0 radical (unpaired) electrons. The highest BCUT2D eigenvalue weighted by Gasteiger charge is 2.30. The zero-order chi connectivity index (χ0) is 18.6. The van der Waals surface area contributed by atoms with E-state index in [9.17, 15) is 18.0 Å². The number of nitrogens with zero attached hydrogens (tertiary/aromatic N) is 2. The minimum atomic E-state index is -4.44. The number of likely N-dealkylation sites (N-methyl/N-ethyl adjacent to an activating group) is 1. The van der Waals surface area contributed by atoms with Gasteiger partial charge in [-0.15, -0.1) is 0 Å². The van der Waals surface area contributed by atoms with Crippen LogP contribution in [0.5, 0.6) is 0 Å². The van der Waals surface area contributed by atoms with Gasteiger partial charge in [-0.2, -0.15) is 13.2 Å². The molecule has 0 saturated carbocycles. The first kappa shape index (κ1) is 18.9. The zero-order valence-electron chi connectivity index (χ0n) is 13.5. The second kappa shape index (κ2) is 7.66. The molecular formula is C16H18F3N3O3. The van der Waals surface area contributed by atoms with Gasteiger partial charge in [0.1, 0.15) is 5.84 Å². The third kappa shape index (κ3) is 4.80. The van der Waals surface area contributed by atoms with E-state index in [1.165, 1.54) is 19.2 Å². The highest BCUT2D eigenvalue weighted by atomic mass is 19.4. The quantitative estimate of drug-likeness (QED) is 0.496. The van der Waals surface area contributed by atoms with Gasteiger partial charge in [-0.1, -0.05) is 6.58 Å². The molecule has 0 spiro atoms. The van der Waals surface area contributed by atoms with Crippen LogP contribution in [0.15, 0.2) is 41.4 Å². The normalized spacial score (nSPS) is 16.1. The van der Waals surface area contributed by atoms with Crippen molar-refractivity contribution in [1.82, 2.24) is 0 Å². The zero-order valence-corrected chi connectivity index (χ0v) is 13.5. The molecule has 2 rings (SSSR count). The van der Waals surface area contributed by atoms with Crippen LogP contribution in [0.4, 0.5) is 18.9 Å². The van der Waals surface area contributed by atoms with E-state index >= 15 is 0 Å². The standard InChI is InChI=1S/C16H18F3N3O3/c1-10(14(20)21-9-13-24-7-8-25-13)15(23)22(2)12-5-3-11(4-6-12)16(17,18)19/h3-6,13H,1,7-9H2,2H3,(H2,20,21). The summed E-state index contributed by atoms with van der Waals surface area (Å²) >= 11 is 0. The van der Waals surface area contributed by atoms with E-state index in [4.69, 9.17) is 15.2 Å². The maximum absolute atomic E-state index is 12.6. The average Bonchev–Trinajstić information content (AvgIpc) is 3.10. The fourth-order valence-corrected chi connectivity index (χ4v) is 2.08.